The van der Waals surface area contributed by atoms with Crippen molar-refractivity contribution in [2.45, 2.75) is 26.2 Å². The molecule has 0 aliphatic heterocycles. The summed E-state index contributed by atoms with van der Waals surface area (Å²) in [5, 5.41) is 8.47. The van der Waals surface area contributed by atoms with Crippen LogP contribution in [0, 0.1) is 0 Å². The molecule has 0 fully saturated rings. The number of carboxylic acids is 1. The van der Waals surface area contributed by atoms with Gasteiger partial charge in [0.2, 0.25) is 0 Å². The van der Waals surface area contributed by atoms with Gasteiger partial charge in [0.25, 0.3) is 0 Å². The molecule has 1 rings (SSSR count). The van der Waals surface area contributed by atoms with Gasteiger partial charge in [0.05, 0.1) is 0 Å². The van der Waals surface area contributed by atoms with E-state index in [0.29, 0.717) is 0 Å². The first kappa shape index (κ1) is 13.2. The van der Waals surface area contributed by atoms with Crippen LogP contribution in [0.3, 0.4) is 0 Å². The summed E-state index contributed by atoms with van der Waals surface area (Å²) in [5.74, 6) is -0.932. The Balaban J connectivity index is 2.95. The van der Waals surface area contributed by atoms with Gasteiger partial charge < -0.3 is 5.11 Å². The number of benzene rings is 1. The first-order chi connectivity index (χ1) is 7.91. The van der Waals surface area contributed by atoms with Crippen molar-refractivity contribution in [3.8, 4) is 0 Å². The SMILES string of the molecule is CC(C)(C)c1ccccc1C=CC=CC(=O)O. The Hall–Kier alpha value is -1.83. The van der Waals surface area contributed by atoms with Gasteiger partial charge >= 0.3 is 5.97 Å². The van der Waals surface area contributed by atoms with Crippen molar-refractivity contribution in [3.05, 3.63) is 53.6 Å². The van der Waals surface area contributed by atoms with Gasteiger partial charge in [0.1, 0.15) is 0 Å². The van der Waals surface area contributed by atoms with E-state index < -0.39 is 5.97 Å². The van der Waals surface area contributed by atoms with Gasteiger partial charge in [0, 0.05) is 6.08 Å². The zero-order valence-electron chi connectivity index (χ0n) is 10.5. The fraction of sp³-hybridized carbons (Fsp3) is 0.267. The number of hydrogen-bond acceptors (Lipinski definition) is 1. The molecule has 0 aromatic heterocycles. The average molecular weight is 230 g/mol. The number of carboxylic acid groups (broad SMARTS) is 1. The van der Waals surface area contributed by atoms with Gasteiger partial charge in [0.15, 0.2) is 0 Å². The Labute approximate surface area is 102 Å². The summed E-state index contributed by atoms with van der Waals surface area (Å²) in [5.41, 5.74) is 2.45. The molecule has 0 bridgehead atoms. The second kappa shape index (κ2) is 5.48. The van der Waals surface area contributed by atoms with E-state index >= 15 is 0 Å². The summed E-state index contributed by atoms with van der Waals surface area (Å²) in [7, 11) is 0. The highest BCUT2D eigenvalue weighted by atomic mass is 16.4. The highest BCUT2D eigenvalue weighted by molar-refractivity contribution is 5.80. The van der Waals surface area contributed by atoms with E-state index in [1.165, 1.54) is 11.6 Å². The van der Waals surface area contributed by atoms with Gasteiger partial charge in [-0.2, -0.15) is 0 Å². The quantitative estimate of drug-likeness (QED) is 0.636. The summed E-state index contributed by atoms with van der Waals surface area (Å²) >= 11 is 0. The third-order valence-corrected chi connectivity index (χ3v) is 2.39. The largest absolute Gasteiger partial charge is 0.478 e. The first-order valence-electron chi connectivity index (χ1n) is 5.58. The zero-order chi connectivity index (χ0) is 12.9. The fourth-order valence-corrected chi connectivity index (χ4v) is 1.62. The third-order valence-electron chi connectivity index (χ3n) is 2.39. The maximum Gasteiger partial charge on any atom is 0.328 e. The summed E-state index contributed by atoms with van der Waals surface area (Å²) < 4.78 is 0. The Kier molecular flexibility index (Phi) is 4.27. The number of rotatable bonds is 3. The monoisotopic (exact) mass is 230 g/mol. The van der Waals surface area contributed by atoms with Crippen molar-refractivity contribution in [2.75, 3.05) is 0 Å². The minimum atomic E-state index is -0.932. The Morgan fingerprint density at radius 3 is 2.41 bits per heavy atom. The predicted octanol–water partition coefficient (Wildman–Crippen LogP) is 3.64. The van der Waals surface area contributed by atoms with Gasteiger partial charge in [-0.25, -0.2) is 4.79 Å². The van der Waals surface area contributed by atoms with E-state index in [2.05, 4.69) is 26.8 Å². The standard InChI is InChI=1S/C15H18O2/c1-15(2,3)13-10-6-4-8-12(13)9-5-7-11-14(16)17/h4-11H,1-3H3,(H,16,17). The van der Waals surface area contributed by atoms with Crippen molar-refractivity contribution in [1.82, 2.24) is 0 Å². The molecule has 90 valence electrons. The Morgan fingerprint density at radius 1 is 1.18 bits per heavy atom. The molecule has 1 aromatic rings. The van der Waals surface area contributed by atoms with Crippen molar-refractivity contribution in [3.63, 3.8) is 0 Å². The lowest BCUT2D eigenvalue weighted by Crippen LogP contribution is -2.12. The van der Waals surface area contributed by atoms with Gasteiger partial charge in [-0.3, -0.25) is 0 Å². The van der Waals surface area contributed by atoms with Crippen LogP contribution in [0.25, 0.3) is 6.08 Å². The second-order valence-corrected chi connectivity index (χ2v) is 4.89. The van der Waals surface area contributed by atoms with E-state index in [-0.39, 0.29) is 5.41 Å². The molecular weight excluding hydrogens is 212 g/mol. The van der Waals surface area contributed by atoms with Crippen LogP contribution in [0.4, 0.5) is 0 Å². The van der Waals surface area contributed by atoms with Crippen LogP contribution in [0.2, 0.25) is 0 Å². The topological polar surface area (TPSA) is 37.3 Å². The van der Waals surface area contributed by atoms with Crippen LogP contribution in [-0.4, -0.2) is 11.1 Å². The average Bonchev–Trinajstić information content (AvgIpc) is 2.23. The highest BCUT2D eigenvalue weighted by Gasteiger charge is 2.15. The summed E-state index contributed by atoms with van der Waals surface area (Å²) in [4.78, 5) is 10.3. The van der Waals surface area contributed by atoms with Crippen molar-refractivity contribution < 1.29 is 9.90 Å². The van der Waals surface area contributed by atoms with Gasteiger partial charge in [-0.1, -0.05) is 63.3 Å². The molecule has 2 nitrogen and oxygen atoms in total. The van der Waals surface area contributed by atoms with E-state index in [1.807, 2.05) is 24.3 Å². The Bertz CT molecular complexity index is 448. The molecule has 0 atom stereocenters. The molecule has 0 spiro atoms. The van der Waals surface area contributed by atoms with Crippen molar-refractivity contribution in [1.29, 1.82) is 0 Å². The van der Waals surface area contributed by atoms with Crippen LogP contribution in [-0.2, 0) is 10.2 Å². The molecule has 1 N–H and O–H groups in total. The van der Waals surface area contributed by atoms with Crippen LogP contribution in [0.1, 0.15) is 31.9 Å². The highest BCUT2D eigenvalue weighted by Crippen LogP contribution is 2.26. The lowest BCUT2D eigenvalue weighted by atomic mass is 9.84. The molecule has 2 heteroatoms. The normalized spacial score (nSPS) is 12.4. The van der Waals surface area contributed by atoms with Crippen molar-refractivity contribution in [2.24, 2.45) is 0 Å². The maximum atomic E-state index is 10.3. The molecule has 0 heterocycles. The lowest BCUT2D eigenvalue weighted by Gasteiger charge is -2.21. The number of allylic oxidation sites excluding steroid dienone is 2. The molecule has 17 heavy (non-hydrogen) atoms. The lowest BCUT2D eigenvalue weighted by molar-refractivity contribution is -0.131. The molecule has 0 saturated heterocycles. The molecule has 0 radical (unpaired) electrons. The first-order valence-corrected chi connectivity index (χ1v) is 5.58. The Morgan fingerprint density at radius 2 is 1.82 bits per heavy atom. The molecule has 0 aliphatic rings. The van der Waals surface area contributed by atoms with Gasteiger partial charge in [-0.15, -0.1) is 0 Å². The number of carbonyl (C=O) groups is 1. The molecule has 0 saturated carbocycles. The third kappa shape index (κ3) is 4.27. The van der Waals surface area contributed by atoms with Crippen LogP contribution >= 0.6 is 0 Å². The van der Waals surface area contributed by atoms with Gasteiger partial charge in [-0.05, 0) is 16.5 Å². The summed E-state index contributed by atoms with van der Waals surface area (Å²) in [6.07, 6.45) is 6.33. The molecule has 0 amide bonds. The smallest absolute Gasteiger partial charge is 0.328 e. The molecule has 1 aromatic carbocycles. The predicted molar refractivity (Wildman–Crippen MR) is 71.0 cm³/mol. The van der Waals surface area contributed by atoms with E-state index in [0.717, 1.165) is 11.6 Å². The van der Waals surface area contributed by atoms with Crippen molar-refractivity contribution >= 4 is 12.0 Å². The summed E-state index contributed by atoms with van der Waals surface area (Å²) in [6, 6.07) is 8.13. The minimum Gasteiger partial charge on any atom is -0.478 e. The summed E-state index contributed by atoms with van der Waals surface area (Å²) in [6.45, 7) is 6.48. The van der Waals surface area contributed by atoms with Crippen LogP contribution < -0.4 is 0 Å². The van der Waals surface area contributed by atoms with E-state index in [4.69, 9.17) is 5.11 Å². The minimum absolute atomic E-state index is 0.0808. The molecule has 0 aliphatic carbocycles. The molecule has 0 unspecified atom stereocenters. The molecular formula is C15H18O2. The second-order valence-electron chi connectivity index (χ2n) is 4.89. The number of aliphatic carboxylic acids is 1. The fourth-order valence-electron chi connectivity index (χ4n) is 1.62. The van der Waals surface area contributed by atoms with Crippen LogP contribution in [0.15, 0.2) is 42.5 Å². The van der Waals surface area contributed by atoms with E-state index in [9.17, 15) is 4.79 Å². The zero-order valence-corrected chi connectivity index (χ0v) is 10.5. The maximum absolute atomic E-state index is 10.3. The van der Waals surface area contributed by atoms with Crippen LogP contribution in [0.5, 0.6) is 0 Å². The number of hydrogen-bond donors (Lipinski definition) is 1. The van der Waals surface area contributed by atoms with E-state index in [1.54, 1.807) is 6.08 Å².